The van der Waals surface area contributed by atoms with E-state index in [1.807, 2.05) is 30.3 Å². The highest BCUT2D eigenvalue weighted by molar-refractivity contribution is 5.46. The molecule has 3 heterocycles. The van der Waals surface area contributed by atoms with Crippen molar-refractivity contribution in [3.63, 3.8) is 0 Å². The first-order valence-electron chi connectivity index (χ1n) is 10.5. The van der Waals surface area contributed by atoms with Crippen LogP contribution in [0.2, 0.25) is 0 Å². The van der Waals surface area contributed by atoms with E-state index in [0.717, 1.165) is 43.6 Å². The summed E-state index contributed by atoms with van der Waals surface area (Å²) in [6.45, 7) is 3.94. The van der Waals surface area contributed by atoms with Crippen molar-refractivity contribution in [3.05, 3.63) is 35.9 Å². The van der Waals surface area contributed by atoms with E-state index in [1.165, 1.54) is 38.5 Å². The van der Waals surface area contributed by atoms with E-state index in [2.05, 4.69) is 15.1 Å². The minimum absolute atomic E-state index is 0.0200. The van der Waals surface area contributed by atoms with Crippen LogP contribution in [0.1, 0.15) is 50.1 Å². The van der Waals surface area contributed by atoms with Crippen molar-refractivity contribution >= 4 is 17.8 Å². The average molecular weight is 383 g/mol. The second kappa shape index (κ2) is 9.19. The van der Waals surface area contributed by atoms with Gasteiger partial charge in [-0.1, -0.05) is 30.3 Å². The van der Waals surface area contributed by atoms with Crippen LogP contribution in [0, 0.1) is 0 Å². The quantitative estimate of drug-likeness (QED) is 0.795. The highest BCUT2D eigenvalue weighted by atomic mass is 16.3. The van der Waals surface area contributed by atoms with Crippen LogP contribution in [0.25, 0.3) is 0 Å². The van der Waals surface area contributed by atoms with Crippen LogP contribution in [-0.4, -0.2) is 52.8 Å². The maximum Gasteiger partial charge on any atom is 0.231 e. The molecule has 4 rings (SSSR count). The smallest absolute Gasteiger partial charge is 0.231 e. The maximum absolute atomic E-state index is 9.92. The number of piperidine rings is 2. The molecule has 0 unspecified atom stereocenters. The second-order valence-corrected chi connectivity index (χ2v) is 7.64. The van der Waals surface area contributed by atoms with Crippen LogP contribution >= 0.6 is 0 Å². The molecule has 0 amide bonds. The molecule has 0 saturated carbocycles. The first kappa shape index (κ1) is 18.9. The molecule has 0 bridgehead atoms. The Labute approximate surface area is 166 Å². The Kier molecular flexibility index (Phi) is 6.21. The van der Waals surface area contributed by atoms with E-state index in [1.54, 1.807) is 0 Å². The van der Waals surface area contributed by atoms with Crippen molar-refractivity contribution < 1.29 is 5.11 Å². The standard InChI is InChI=1S/C21H30N6O/c28-16-18(17-10-4-1-5-11-17)22-19-23-20(26-12-6-2-7-13-26)25-21(24-19)27-14-8-3-9-15-27/h1,4-5,10-11,18,28H,2-3,6-9,12-16H2,(H,22,23,24,25)/t18-/m0/s1. The van der Waals surface area contributed by atoms with Gasteiger partial charge in [-0.15, -0.1) is 0 Å². The van der Waals surface area contributed by atoms with Gasteiger partial charge in [-0.05, 0) is 44.1 Å². The number of aliphatic hydroxyl groups is 1. The fourth-order valence-electron chi connectivity index (χ4n) is 3.96. The van der Waals surface area contributed by atoms with E-state index in [-0.39, 0.29) is 12.6 Å². The number of hydrogen-bond acceptors (Lipinski definition) is 7. The minimum Gasteiger partial charge on any atom is -0.394 e. The fraction of sp³-hybridized carbons (Fsp3) is 0.571. The van der Waals surface area contributed by atoms with Gasteiger partial charge in [0.25, 0.3) is 0 Å². The van der Waals surface area contributed by atoms with Crippen LogP contribution in [-0.2, 0) is 0 Å². The van der Waals surface area contributed by atoms with Gasteiger partial charge < -0.3 is 20.2 Å². The van der Waals surface area contributed by atoms with Crippen LogP contribution in [0.5, 0.6) is 0 Å². The number of benzene rings is 1. The average Bonchev–Trinajstić information content (AvgIpc) is 2.79. The summed E-state index contributed by atoms with van der Waals surface area (Å²) in [5.41, 5.74) is 1.02. The molecule has 7 nitrogen and oxygen atoms in total. The van der Waals surface area contributed by atoms with Gasteiger partial charge in [0, 0.05) is 26.2 Å². The molecular formula is C21H30N6O. The molecule has 1 aromatic heterocycles. The highest BCUT2D eigenvalue weighted by Gasteiger charge is 2.21. The van der Waals surface area contributed by atoms with E-state index in [0.29, 0.717) is 5.95 Å². The molecule has 150 valence electrons. The lowest BCUT2D eigenvalue weighted by Gasteiger charge is -2.30. The summed E-state index contributed by atoms with van der Waals surface area (Å²) in [5.74, 6) is 2.05. The Balaban J connectivity index is 1.62. The SMILES string of the molecule is OC[C@H](Nc1nc(N2CCCCC2)nc(N2CCCCC2)n1)c1ccccc1. The lowest BCUT2D eigenvalue weighted by molar-refractivity contribution is 0.276. The molecule has 0 radical (unpaired) electrons. The molecule has 28 heavy (non-hydrogen) atoms. The number of hydrogen-bond donors (Lipinski definition) is 2. The van der Waals surface area contributed by atoms with Gasteiger partial charge in [0.15, 0.2) is 0 Å². The van der Waals surface area contributed by atoms with Crippen molar-refractivity contribution in [1.29, 1.82) is 0 Å². The van der Waals surface area contributed by atoms with Gasteiger partial charge in [-0.25, -0.2) is 0 Å². The minimum atomic E-state index is -0.244. The molecule has 1 atom stereocenters. The zero-order valence-corrected chi connectivity index (χ0v) is 16.4. The first-order chi connectivity index (χ1) is 13.8. The molecule has 2 N–H and O–H groups in total. The maximum atomic E-state index is 9.92. The Bertz CT molecular complexity index is 708. The van der Waals surface area contributed by atoms with Gasteiger partial charge in [0.05, 0.1) is 12.6 Å². The van der Waals surface area contributed by atoms with Gasteiger partial charge in [-0.2, -0.15) is 15.0 Å². The zero-order valence-electron chi connectivity index (χ0n) is 16.4. The van der Waals surface area contributed by atoms with Crippen molar-refractivity contribution in [3.8, 4) is 0 Å². The van der Waals surface area contributed by atoms with Crippen molar-refractivity contribution in [2.24, 2.45) is 0 Å². The van der Waals surface area contributed by atoms with Gasteiger partial charge in [0.2, 0.25) is 17.8 Å². The predicted octanol–water partition coefficient (Wildman–Crippen LogP) is 3.00. The van der Waals surface area contributed by atoms with Crippen LogP contribution < -0.4 is 15.1 Å². The number of nitrogens with zero attached hydrogens (tertiary/aromatic N) is 5. The normalized spacial score (nSPS) is 18.8. The molecule has 2 aromatic rings. The molecule has 0 aliphatic carbocycles. The lowest BCUT2D eigenvalue weighted by Crippen LogP contribution is -2.34. The fourth-order valence-corrected chi connectivity index (χ4v) is 3.96. The van der Waals surface area contributed by atoms with E-state index in [9.17, 15) is 5.11 Å². The number of rotatable bonds is 6. The zero-order chi connectivity index (χ0) is 19.2. The Morgan fingerprint density at radius 2 is 1.32 bits per heavy atom. The molecule has 1 aromatic carbocycles. The van der Waals surface area contributed by atoms with Gasteiger partial charge in [0.1, 0.15) is 0 Å². The number of aliphatic hydroxyl groups excluding tert-OH is 1. The van der Waals surface area contributed by atoms with Gasteiger partial charge in [-0.3, -0.25) is 0 Å². The molecular weight excluding hydrogens is 352 g/mol. The first-order valence-corrected chi connectivity index (χ1v) is 10.5. The van der Waals surface area contributed by atoms with Crippen LogP contribution in [0.3, 0.4) is 0 Å². The number of aromatic nitrogens is 3. The van der Waals surface area contributed by atoms with Crippen molar-refractivity contribution in [2.75, 3.05) is 47.9 Å². The summed E-state index contributed by atoms with van der Waals surface area (Å²) in [7, 11) is 0. The summed E-state index contributed by atoms with van der Waals surface area (Å²) in [5, 5.41) is 13.3. The monoisotopic (exact) mass is 382 g/mol. The van der Waals surface area contributed by atoms with Crippen molar-refractivity contribution in [1.82, 2.24) is 15.0 Å². The summed E-state index contributed by atoms with van der Waals surface area (Å²) >= 11 is 0. The summed E-state index contributed by atoms with van der Waals surface area (Å²) in [4.78, 5) is 18.8. The second-order valence-electron chi connectivity index (χ2n) is 7.64. The topological polar surface area (TPSA) is 77.4 Å². The molecule has 0 spiro atoms. The summed E-state index contributed by atoms with van der Waals surface area (Å²) in [6, 6.07) is 9.70. The molecule has 2 aliphatic heterocycles. The largest absolute Gasteiger partial charge is 0.394 e. The molecule has 2 fully saturated rings. The Morgan fingerprint density at radius 3 is 1.82 bits per heavy atom. The predicted molar refractivity (Wildman–Crippen MR) is 112 cm³/mol. The van der Waals surface area contributed by atoms with Crippen LogP contribution in [0.15, 0.2) is 30.3 Å². The van der Waals surface area contributed by atoms with Crippen molar-refractivity contribution in [2.45, 2.75) is 44.6 Å². The van der Waals surface area contributed by atoms with E-state index >= 15 is 0 Å². The summed E-state index contributed by atoms with van der Waals surface area (Å²) < 4.78 is 0. The Morgan fingerprint density at radius 1 is 0.786 bits per heavy atom. The summed E-state index contributed by atoms with van der Waals surface area (Å²) in [6.07, 6.45) is 7.25. The number of nitrogens with one attached hydrogen (secondary N) is 1. The van der Waals surface area contributed by atoms with Gasteiger partial charge >= 0.3 is 0 Å². The number of anilines is 3. The molecule has 2 saturated heterocycles. The van der Waals surface area contributed by atoms with E-state index in [4.69, 9.17) is 15.0 Å². The lowest BCUT2D eigenvalue weighted by atomic mass is 10.1. The Hall–Kier alpha value is -2.41. The third kappa shape index (κ3) is 4.52. The van der Waals surface area contributed by atoms with Crippen LogP contribution in [0.4, 0.5) is 17.8 Å². The van der Waals surface area contributed by atoms with E-state index < -0.39 is 0 Å². The molecule has 7 heteroatoms. The third-order valence-corrected chi connectivity index (χ3v) is 5.58. The highest BCUT2D eigenvalue weighted by Crippen LogP contribution is 2.24. The molecule has 2 aliphatic rings. The third-order valence-electron chi connectivity index (χ3n) is 5.58.